The Morgan fingerprint density at radius 2 is 1.81 bits per heavy atom. The van der Waals surface area contributed by atoms with E-state index >= 15 is 0 Å². The Kier molecular flexibility index (Phi) is 11.7. The summed E-state index contributed by atoms with van der Waals surface area (Å²) in [5.41, 5.74) is 5.93. The molecule has 32 heavy (non-hydrogen) atoms. The summed E-state index contributed by atoms with van der Waals surface area (Å²) in [7, 11) is 0. The molecule has 1 aromatic rings. The van der Waals surface area contributed by atoms with Crippen molar-refractivity contribution >= 4 is 35.5 Å². The third kappa shape index (κ3) is 8.82. The Labute approximate surface area is 188 Å². The predicted octanol–water partition coefficient (Wildman–Crippen LogP) is -3.06. The minimum atomic E-state index is -1.48. The van der Waals surface area contributed by atoms with Crippen molar-refractivity contribution < 1.29 is 34.5 Å². The summed E-state index contributed by atoms with van der Waals surface area (Å²) in [6, 6.07) is -5.13. The number of nitrogens with two attached hydrogens (primary N) is 1. The number of hydrogen-bond donors (Lipinski definition) is 8. The molecule has 180 valence electrons. The molecule has 0 aromatic carbocycles. The number of aliphatic carboxylic acids is 1. The van der Waals surface area contributed by atoms with Crippen molar-refractivity contribution in [2.24, 2.45) is 5.73 Å². The molecule has 0 aliphatic rings. The van der Waals surface area contributed by atoms with Crippen molar-refractivity contribution in [3.63, 3.8) is 0 Å². The number of amides is 3. The summed E-state index contributed by atoms with van der Waals surface area (Å²) < 4.78 is 0. The number of H-pyrrole nitrogens is 1. The fraction of sp³-hybridized carbons (Fsp3) is 0.611. The Balaban J connectivity index is 2.90. The zero-order valence-electron chi connectivity index (χ0n) is 17.8. The molecule has 5 atom stereocenters. The first kappa shape index (κ1) is 27.4. The first-order chi connectivity index (χ1) is 15.1. The van der Waals surface area contributed by atoms with E-state index in [9.17, 15) is 29.4 Å². The van der Waals surface area contributed by atoms with E-state index in [2.05, 4.69) is 25.9 Å². The maximum absolute atomic E-state index is 12.7. The molecule has 1 rings (SSSR count). The lowest BCUT2D eigenvalue weighted by Crippen LogP contribution is -2.60. The lowest BCUT2D eigenvalue weighted by molar-refractivity contribution is -0.143. The average Bonchev–Trinajstić information content (AvgIpc) is 3.26. The van der Waals surface area contributed by atoms with E-state index in [-0.39, 0.29) is 12.8 Å². The normalized spacial score (nSPS) is 15.7. The molecule has 0 saturated heterocycles. The number of carbonyl (C=O) groups is 4. The number of nitrogens with zero attached hydrogens (tertiary/aromatic N) is 1. The molecule has 0 aliphatic carbocycles. The van der Waals surface area contributed by atoms with Crippen LogP contribution in [0.3, 0.4) is 0 Å². The molecule has 1 heterocycles. The van der Waals surface area contributed by atoms with Gasteiger partial charge in [0.25, 0.3) is 0 Å². The molecule has 0 aliphatic heterocycles. The summed E-state index contributed by atoms with van der Waals surface area (Å²) in [4.78, 5) is 55.4. The van der Waals surface area contributed by atoms with Gasteiger partial charge in [-0.05, 0) is 25.4 Å². The van der Waals surface area contributed by atoms with Crippen LogP contribution in [0.15, 0.2) is 12.5 Å². The van der Waals surface area contributed by atoms with Crippen molar-refractivity contribution in [1.82, 2.24) is 25.9 Å². The van der Waals surface area contributed by atoms with E-state index in [1.54, 1.807) is 6.26 Å². The van der Waals surface area contributed by atoms with Gasteiger partial charge in [-0.25, -0.2) is 9.78 Å². The molecule has 0 radical (unpaired) electrons. The third-order valence-corrected chi connectivity index (χ3v) is 5.08. The van der Waals surface area contributed by atoms with Crippen molar-refractivity contribution in [1.29, 1.82) is 0 Å². The molecule has 0 fully saturated rings. The van der Waals surface area contributed by atoms with Gasteiger partial charge in [-0.15, -0.1) is 0 Å². The van der Waals surface area contributed by atoms with E-state index in [0.717, 1.165) is 0 Å². The lowest BCUT2D eigenvalue weighted by Gasteiger charge is -2.26. The molecule has 0 bridgehead atoms. The summed E-state index contributed by atoms with van der Waals surface area (Å²) in [6.45, 7) is 0.640. The van der Waals surface area contributed by atoms with Gasteiger partial charge in [0.15, 0.2) is 0 Å². The van der Waals surface area contributed by atoms with Gasteiger partial charge in [-0.3, -0.25) is 14.4 Å². The monoisotopic (exact) mass is 474 g/mol. The molecule has 3 amide bonds. The molecule has 1 aromatic heterocycles. The maximum Gasteiger partial charge on any atom is 0.326 e. The first-order valence-electron chi connectivity index (χ1n) is 9.75. The number of aliphatic hydroxyl groups excluding tert-OH is 2. The number of imidazole rings is 1. The molecule has 0 spiro atoms. The van der Waals surface area contributed by atoms with Gasteiger partial charge in [0, 0.05) is 18.3 Å². The van der Waals surface area contributed by atoms with E-state index in [0.29, 0.717) is 11.4 Å². The second-order valence-corrected chi connectivity index (χ2v) is 8.02. The van der Waals surface area contributed by atoms with Crippen molar-refractivity contribution in [3.8, 4) is 0 Å². The van der Waals surface area contributed by atoms with Crippen LogP contribution in [0, 0.1) is 0 Å². The number of nitrogens with one attached hydrogen (secondary N) is 4. The van der Waals surface area contributed by atoms with Crippen molar-refractivity contribution in [2.45, 2.75) is 50.0 Å². The van der Waals surface area contributed by atoms with Crippen LogP contribution in [-0.2, 0) is 25.6 Å². The van der Waals surface area contributed by atoms with E-state index in [4.69, 9.17) is 10.8 Å². The summed E-state index contributed by atoms with van der Waals surface area (Å²) in [5.74, 6) is -3.26. The number of thioether (sulfide) groups is 1. The van der Waals surface area contributed by atoms with Crippen LogP contribution >= 0.6 is 11.8 Å². The van der Waals surface area contributed by atoms with Gasteiger partial charge >= 0.3 is 5.97 Å². The number of aromatic amines is 1. The van der Waals surface area contributed by atoms with Crippen LogP contribution in [0.1, 0.15) is 19.0 Å². The second-order valence-electron chi connectivity index (χ2n) is 7.04. The van der Waals surface area contributed by atoms with E-state index in [1.807, 2.05) is 0 Å². The molecular weight excluding hydrogens is 444 g/mol. The van der Waals surface area contributed by atoms with Crippen LogP contribution in [-0.4, -0.2) is 97.9 Å². The van der Waals surface area contributed by atoms with E-state index in [1.165, 1.54) is 31.2 Å². The highest BCUT2D eigenvalue weighted by molar-refractivity contribution is 7.98. The third-order valence-electron chi connectivity index (χ3n) is 4.43. The number of aromatic nitrogens is 2. The zero-order chi connectivity index (χ0) is 24.3. The highest BCUT2D eigenvalue weighted by atomic mass is 32.2. The quantitative estimate of drug-likeness (QED) is 0.136. The maximum atomic E-state index is 12.7. The number of hydrogen-bond acceptors (Lipinski definition) is 9. The van der Waals surface area contributed by atoms with Gasteiger partial charge in [0.05, 0.1) is 19.0 Å². The fourth-order valence-corrected chi connectivity index (χ4v) is 3.07. The summed E-state index contributed by atoms with van der Waals surface area (Å²) in [5, 5.41) is 35.5. The van der Waals surface area contributed by atoms with Crippen molar-refractivity contribution in [2.75, 3.05) is 18.6 Å². The number of aliphatic hydroxyl groups is 2. The zero-order valence-corrected chi connectivity index (χ0v) is 18.6. The SMILES string of the molecule is CSCCC(NC(=O)C(N)CO)C(=O)NC(C(=O)NC(Cc1cnc[nH]1)C(=O)O)C(C)O. The molecule has 13 nitrogen and oxygen atoms in total. The van der Waals surface area contributed by atoms with Crippen molar-refractivity contribution in [3.05, 3.63) is 18.2 Å². The van der Waals surface area contributed by atoms with Crippen LogP contribution in [0.2, 0.25) is 0 Å². The lowest BCUT2D eigenvalue weighted by atomic mass is 10.1. The summed E-state index contributed by atoms with van der Waals surface area (Å²) >= 11 is 1.42. The predicted molar refractivity (Wildman–Crippen MR) is 115 cm³/mol. The van der Waals surface area contributed by atoms with Gasteiger partial charge < -0.3 is 42.0 Å². The molecule has 14 heteroatoms. The number of carboxylic acids is 1. The average molecular weight is 475 g/mol. The van der Waals surface area contributed by atoms with Gasteiger partial charge in [0.2, 0.25) is 17.7 Å². The van der Waals surface area contributed by atoms with Gasteiger partial charge in [-0.2, -0.15) is 11.8 Å². The highest BCUT2D eigenvalue weighted by Gasteiger charge is 2.32. The number of rotatable bonds is 14. The highest BCUT2D eigenvalue weighted by Crippen LogP contribution is 2.05. The van der Waals surface area contributed by atoms with Gasteiger partial charge in [0.1, 0.15) is 24.2 Å². The standard InChI is InChI=1S/C18H30N6O7S/c1-9(26)14(17(29)23-13(18(30)31)5-10-6-20-8-21-10)24-16(28)12(3-4-32-2)22-15(27)11(19)7-25/h6,8-9,11-14,25-26H,3-5,7,19H2,1-2H3,(H,20,21)(H,22,27)(H,23,29)(H,24,28)(H,30,31). The van der Waals surface area contributed by atoms with Crippen LogP contribution < -0.4 is 21.7 Å². The largest absolute Gasteiger partial charge is 0.480 e. The Bertz CT molecular complexity index is 761. The molecule has 9 N–H and O–H groups in total. The first-order valence-corrected chi connectivity index (χ1v) is 11.1. The molecule has 0 saturated carbocycles. The Hall–Kier alpha value is -2.68. The second kappa shape index (κ2) is 13.7. The van der Waals surface area contributed by atoms with Crippen LogP contribution in [0.5, 0.6) is 0 Å². The minimum absolute atomic E-state index is 0.0903. The molecule has 5 unspecified atom stereocenters. The Morgan fingerprint density at radius 3 is 2.31 bits per heavy atom. The number of carboxylic acid groups (broad SMARTS) is 1. The minimum Gasteiger partial charge on any atom is -0.480 e. The van der Waals surface area contributed by atoms with Crippen LogP contribution in [0.25, 0.3) is 0 Å². The Morgan fingerprint density at radius 1 is 1.16 bits per heavy atom. The molecular formula is C18H30N6O7S. The van der Waals surface area contributed by atoms with Gasteiger partial charge in [-0.1, -0.05) is 0 Å². The summed E-state index contributed by atoms with van der Waals surface area (Å²) in [6.07, 6.45) is 3.31. The smallest absolute Gasteiger partial charge is 0.326 e. The number of carbonyl (C=O) groups excluding carboxylic acids is 3. The topological polar surface area (TPSA) is 220 Å². The van der Waals surface area contributed by atoms with E-state index < -0.39 is 60.6 Å². The van der Waals surface area contributed by atoms with Crippen LogP contribution in [0.4, 0.5) is 0 Å². The fourth-order valence-electron chi connectivity index (χ4n) is 2.60.